The van der Waals surface area contributed by atoms with E-state index in [4.69, 9.17) is 5.11 Å². The summed E-state index contributed by atoms with van der Waals surface area (Å²) < 4.78 is 0. The van der Waals surface area contributed by atoms with Crippen LogP contribution in [0, 0.1) is 6.92 Å². The number of thioether (sulfide) groups is 1. The van der Waals surface area contributed by atoms with Gasteiger partial charge in [-0.15, -0.1) is 0 Å². The molecule has 0 bridgehead atoms. The summed E-state index contributed by atoms with van der Waals surface area (Å²) in [6.45, 7) is 3.33. The first-order valence-electron chi connectivity index (χ1n) is 5.64. The normalized spacial score (nSPS) is 10.8. The fourth-order valence-electron chi connectivity index (χ4n) is 1.46. The van der Waals surface area contributed by atoms with Gasteiger partial charge in [0.1, 0.15) is 0 Å². The molecule has 1 aromatic rings. The molecule has 18 heavy (non-hydrogen) atoms. The Hall–Kier alpha value is -1.55. The number of carboxylic acids is 1. The summed E-state index contributed by atoms with van der Waals surface area (Å²) in [7, 11) is 0. The van der Waals surface area contributed by atoms with Gasteiger partial charge in [0.2, 0.25) is 0 Å². The summed E-state index contributed by atoms with van der Waals surface area (Å²) in [5.74, 6) is -0.154. The molecule has 96 valence electrons. The van der Waals surface area contributed by atoms with E-state index in [-0.39, 0.29) is 5.12 Å². The molecule has 0 atom stereocenters. The molecule has 0 unspecified atom stereocenters. The minimum Gasteiger partial charge on any atom is -0.478 e. The Labute approximate surface area is 111 Å². The van der Waals surface area contributed by atoms with E-state index in [1.54, 1.807) is 26.0 Å². The molecule has 1 N–H and O–H groups in total. The van der Waals surface area contributed by atoms with Crippen molar-refractivity contribution in [2.75, 3.05) is 5.75 Å². The zero-order valence-corrected chi connectivity index (χ0v) is 11.3. The molecule has 0 spiro atoms. The van der Waals surface area contributed by atoms with Gasteiger partial charge in [-0.1, -0.05) is 36.0 Å². The Balaban J connectivity index is 2.62. The molecule has 0 aliphatic carbocycles. The monoisotopic (exact) mass is 264 g/mol. The molecule has 0 amide bonds. The summed E-state index contributed by atoms with van der Waals surface area (Å²) in [4.78, 5) is 21.7. The van der Waals surface area contributed by atoms with E-state index in [1.807, 2.05) is 18.2 Å². The number of benzene rings is 1. The van der Waals surface area contributed by atoms with Crippen LogP contribution in [0.5, 0.6) is 0 Å². The third-order valence-electron chi connectivity index (χ3n) is 2.39. The predicted octanol–water partition coefficient (Wildman–Crippen LogP) is 3.38. The first-order chi connectivity index (χ1) is 8.50. The first kappa shape index (κ1) is 14.5. The number of aromatic carboxylic acids is 1. The van der Waals surface area contributed by atoms with Crippen LogP contribution in [0.3, 0.4) is 0 Å². The highest BCUT2D eigenvalue weighted by Gasteiger charge is 2.06. The van der Waals surface area contributed by atoms with Crippen LogP contribution in [0.1, 0.15) is 34.8 Å². The van der Waals surface area contributed by atoms with E-state index in [0.717, 1.165) is 23.3 Å². The van der Waals surface area contributed by atoms with Gasteiger partial charge in [-0.2, -0.15) is 0 Å². The Morgan fingerprint density at radius 3 is 2.72 bits per heavy atom. The average Bonchev–Trinajstić information content (AvgIpc) is 2.30. The summed E-state index contributed by atoms with van der Waals surface area (Å²) in [5, 5.41) is 9.11. The van der Waals surface area contributed by atoms with Gasteiger partial charge in [0.25, 0.3) is 0 Å². The smallest absolute Gasteiger partial charge is 0.335 e. The third kappa shape index (κ3) is 4.75. The highest BCUT2D eigenvalue weighted by Crippen LogP contribution is 2.13. The number of carboxylic acid groups (broad SMARTS) is 1. The van der Waals surface area contributed by atoms with Crippen molar-refractivity contribution in [1.82, 2.24) is 0 Å². The second kappa shape index (κ2) is 7.01. The number of aryl methyl sites for hydroxylation is 1. The van der Waals surface area contributed by atoms with E-state index in [1.165, 1.54) is 11.8 Å². The molecule has 0 aliphatic rings. The molecule has 0 fully saturated rings. The second-order valence-corrected chi connectivity index (χ2v) is 5.18. The largest absolute Gasteiger partial charge is 0.478 e. The lowest BCUT2D eigenvalue weighted by Crippen LogP contribution is -1.99. The lowest BCUT2D eigenvalue weighted by molar-refractivity contribution is -0.109. The Morgan fingerprint density at radius 2 is 2.11 bits per heavy atom. The number of carbonyl (C=O) groups excluding carboxylic acids is 1. The van der Waals surface area contributed by atoms with Crippen LogP contribution in [-0.4, -0.2) is 21.9 Å². The molecular weight excluding hydrogens is 248 g/mol. The van der Waals surface area contributed by atoms with Gasteiger partial charge in [-0.3, -0.25) is 4.79 Å². The number of allylic oxidation sites excluding steroid dienone is 1. The SMILES string of the molecule is CC(=O)SCCC=Cc1ccc(C)c(C(=O)O)c1. The first-order valence-corrected chi connectivity index (χ1v) is 6.63. The van der Waals surface area contributed by atoms with Gasteiger partial charge >= 0.3 is 5.97 Å². The van der Waals surface area contributed by atoms with Crippen LogP contribution in [0.4, 0.5) is 0 Å². The molecule has 4 heteroatoms. The lowest BCUT2D eigenvalue weighted by atomic mass is 10.0. The number of carbonyl (C=O) groups is 2. The molecule has 0 aliphatic heterocycles. The summed E-state index contributed by atoms with van der Waals surface area (Å²) >= 11 is 1.29. The topological polar surface area (TPSA) is 54.4 Å². The molecular formula is C14H16O3S. The van der Waals surface area contributed by atoms with E-state index in [2.05, 4.69) is 0 Å². The molecule has 0 saturated heterocycles. The van der Waals surface area contributed by atoms with Crippen molar-refractivity contribution < 1.29 is 14.7 Å². The molecule has 1 rings (SSSR count). The predicted molar refractivity (Wildman–Crippen MR) is 74.9 cm³/mol. The quantitative estimate of drug-likeness (QED) is 0.828. The minimum atomic E-state index is -0.908. The van der Waals surface area contributed by atoms with Crippen LogP contribution in [0.2, 0.25) is 0 Å². The molecule has 0 aromatic heterocycles. The Morgan fingerprint density at radius 1 is 1.39 bits per heavy atom. The number of hydrogen-bond acceptors (Lipinski definition) is 3. The van der Waals surface area contributed by atoms with Crippen molar-refractivity contribution in [1.29, 1.82) is 0 Å². The van der Waals surface area contributed by atoms with Crippen molar-refractivity contribution in [3.63, 3.8) is 0 Å². The van der Waals surface area contributed by atoms with E-state index in [9.17, 15) is 9.59 Å². The zero-order valence-electron chi connectivity index (χ0n) is 10.5. The maximum absolute atomic E-state index is 11.0. The minimum absolute atomic E-state index is 0.117. The third-order valence-corrected chi connectivity index (χ3v) is 3.24. The second-order valence-electron chi connectivity index (χ2n) is 3.91. The van der Waals surface area contributed by atoms with Crippen LogP contribution in [0.15, 0.2) is 24.3 Å². The maximum Gasteiger partial charge on any atom is 0.335 e. The molecule has 3 nitrogen and oxygen atoms in total. The van der Waals surface area contributed by atoms with Gasteiger partial charge in [-0.25, -0.2) is 4.79 Å². The lowest BCUT2D eigenvalue weighted by Gasteiger charge is -2.01. The molecule has 1 aromatic carbocycles. The van der Waals surface area contributed by atoms with Gasteiger partial charge in [0.15, 0.2) is 5.12 Å². The van der Waals surface area contributed by atoms with E-state index >= 15 is 0 Å². The van der Waals surface area contributed by atoms with Crippen molar-refractivity contribution in [2.24, 2.45) is 0 Å². The highest BCUT2D eigenvalue weighted by atomic mass is 32.2. The van der Waals surface area contributed by atoms with Gasteiger partial charge in [0, 0.05) is 12.7 Å². The standard InChI is InChI=1S/C14H16O3S/c1-10-6-7-12(9-13(10)14(16)17)5-3-4-8-18-11(2)15/h3,5-7,9H,4,8H2,1-2H3,(H,16,17). The summed E-state index contributed by atoms with van der Waals surface area (Å²) in [5.41, 5.74) is 1.95. The van der Waals surface area contributed by atoms with Crippen molar-refractivity contribution >= 4 is 28.9 Å². The van der Waals surface area contributed by atoms with Crippen molar-refractivity contribution in [3.8, 4) is 0 Å². The van der Waals surface area contributed by atoms with E-state index in [0.29, 0.717) is 5.56 Å². The number of rotatable bonds is 5. The van der Waals surface area contributed by atoms with Crippen molar-refractivity contribution in [2.45, 2.75) is 20.3 Å². The average molecular weight is 264 g/mol. The van der Waals surface area contributed by atoms with Crippen LogP contribution < -0.4 is 0 Å². The van der Waals surface area contributed by atoms with Gasteiger partial charge in [0.05, 0.1) is 5.56 Å². The zero-order chi connectivity index (χ0) is 13.5. The van der Waals surface area contributed by atoms with Crippen molar-refractivity contribution in [3.05, 3.63) is 41.0 Å². The van der Waals surface area contributed by atoms with Gasteiger partial charge in [-0.05, 0) is 30.5 Å². The van der Waals surface area contributed by atoms with Crippen LogP contribution >= 0.6 is 11.8 Å². The highest BCUT2D eigenvalue weighted by molar-refractivity contribution is 8.13. The Kier molecular flexibility index (Phi) is 5.65. The maximum atomic E-state index is 11.0. The van der Waals surface area contributed by atoms with Gasteiger partial charge < -0.3 is 5.11 Å². The number of hydrogen-bond donors (Lipinski definition) is 1. The fourth-order valence-corrected chi connectivity index (χ4v) is 2.01. The van der Waals surface area contributed by atoms with Crippen LogP contribution in [-0.2, 0) is 4.79 Å². The fraction of sp³-hybridized carbons (Fsp3) is 0.286. The molecule has 0 radical (unpaired) electrons. The van der Waals surface area contributed by atoms with Crippen LogP contribution in [0.25, 0.3) is 6.08 Å². The summed E-state index contributed by atoms with van der Waals surface area (Å²) in [6.07, 6.45) is 4.62. The van der Waals surface area contributed by atoms with E-state index < -0.39 is 5.97 Å². The molecule has 0 heterocycles. The molecule has 0 saturated carbocycles. The summed E-state index contributed by atoms with van der Waals surface area (Å²) in [6, 6.07) is 5.34. The Bertz CT molecular complexity index is 478.